The predicted octanol–water partition coefficient (Wildman–Crippen LogP) is 5.61. The molecule has 7 rings (SSSR count). The number of aliphatic hydroxyl groups is 2. The molecule has 0 aromatic rings. The lowest BCUT2D eigenvalue weighted by atomic mass is 9.71. The largest absolute Gasteiger partial charge is 0.481 e. The van der Waals surface area contributed by atoms with Crippen molar-refractivity contribution in [3.63, 3.8) is 0 Å². The molecule has 0 amide bonds. The summed E-state index contributed by atoms with van der Waals surface area (Å²) in [5, 5.41) is 33.8. The van der Waals surface area contributed by atoms with E-state index in [1.807, 2.05) is 20.8 Å². The number of rotatable bonds is 14. The first-order valence-corrected chi connectivity index (χ1v) is 25.1. The number of carbonyl (C=O) groups is 1. The zero-order chi connectivity index (χ0) is 49.4. The number of aliphatic carboxylic acids is 1. The Morgan fingerprint density at radius 1 is 0.701 bits per heavy atom. The van der Waals surface area contributed by atoms with Crippen molar-refractivity contribution in [2.24, 2.45) is 35.5 Å². The molecule has 17 heteroatoms. The van der Waals surface area contributed by atoms with Gasteiger partial charge in [-0.1, -0.05) is 34.6 Å². The first-order valence-electron chi connectivity index (χ1n) is 25.1. The van der Waals surface area contributed by atoms with E-state index in [0.29, 0.717) is 25.7 Å². The normalized spacial score (nSPS) is 54.4. The second-order valence-corrected chi connectivity index (χ2v) is 22.2. The van der Waals surface area contributed by atoms with E-state index in [4.69, 9.17) is 61.6 Å². The molecule has 7 saturated heterocycles. The number of hydrogen-bond donors (Lipinski definition) is 3. The van der Waals surface area contributed by atoms with Crippen LogP contribution in [0.1, 0.15) is 128 Å². The summed E-state index contributed by atoms with van der Waals surface area (Å²) < 4.78 is 85.6. The van der Waals surface area contributed by atoms with Crippen LogP contribution in [0.25, 0.3) is 0 Å². The van der Waals surface area contributed by atoms with E-state index in [0.717, 1.165) is 19.3 Å². The third-order valence-electron chi connectivity index (χ3n) is 18.3. The van der Waals surface area contributed by atoms with Crippen molar-refractivity contribution in [3.05, 3.63) is 0 Å². The summed E-state index contributed by atoms with van der Waals surface area (Å²) in [6, 6.07) is 0. The van der Waals surface area contributed by atoms with Crippen LogP contribution in [0, 0.1) is 35.5 Å². The maximum Gasteiger partial charge on any atom is 0.311 e. The molecule has 7 heterocycles. The molecule has 0 aromatic carbocycles. The Labute approximate surface area is 399 Å². The summed E-state index contributed by atoms with van der Waals surface area (Å²) in [5.74, 6) is -8.82. The van der Waals surface area contributed by atoms with Crippen LogP contribution in [0.5, 0.6) is 0 Å². The van der Waals surface area contributed by atoms with Gasteiger partial charge < -0.3 is 76.9 Å². The Morgan fingerprint density at radius 3 is 1.97 bits per heavy atom. The summed E-state index contributed by atoms with van der Waals surface area (Å²) >= 11 is 0. The summed E-state index contributed by atoms with van der Waals surface area (Å²) in [5.41, 5.74) is -2.86. The fourth-order valence-electron chi connectivity index (χ4n) is 14.0. The standard InChI is InChI=1S/C50H86O17/c1-25-40(57-14)27(3)48(11,53)66-41(25)34-17-19-36(61-34)45(8)22-21-37(63-45)47(10)43(59-16)29(5)50(67-47)26(2)35(56-13)23-32(62-50)24-38-46(9,65-39-20-18-33(55-12)31(7)60-39)42(58-15)28(4)49(54,64-38)30(6)44(51)52/h25-43,53-54H,17-24H2,1-16H3,(H,51,52). The Hall–Kier alpha value is -1.13. The molecule has 0 aromatic heterocycles. The van der Waals surface area contributed by atoms with E-state index in [1.54, 1.807) is 49.4 Å². The fourth-order valence-corrected chi connectivity index (χ4v) is 14.0. The van der Waals surface area contributed by atoms with Crippen LogP contribution in [0.2, 0.25) is 0 Å². The van der Waals surface area contributed by atoms with E-state index in [-0.39, 0.29) is 78.9 Å². The molecule has 388 valence electrons. The van der Waals surface area contributed by atoms with Crippen LogP contribution in [0.4, 0.5) is 0 Å². The first-order chi connectivity index (χ1) is 31.3. The minimum Gasteiger partial charge on any atom is -0.481 e. The molecule has 7 aliphatic heterocycles. The summed E-state index contributed by atoms with van der Waals surface area (Å²) in [6.45, 7) is 21.1. The van der Waals surface area contributed by atoms with Gasteiger partial charge in [-0.3, -0.25) is 4.79 Å². The lowest BCUT2D eigenvalue weighted by Gasteiger charge is -2.58. The van der Waals surface area contributed by atoms with Crippen molar-refractivity contribution in [2.75, 3.05) is 35.5 Å². The average molecular weight is 959 g/mol. The van der Waals surface area contributed by atoms with Gasteiger partial charge in [0.2, 0.25) is 0 Å². The highest BCUT2D eigenvalue weighted by Gasteiger charge is 2.70. The van der Waals surface area contributed by atoms with E-state index >= 15 is 0 Å². The molecule has 3 N–H and O–H groups in total. The molecule has 17 nitrogen and oxygen atoms in total. The van der Waals surface area contributed by atoms with Gasteiger partial charge in [-0.2, -0.15) is 0 Å². The molecule has 0 aliphatic carbocycles. The molecular formula is C50H86O17. The van der Waals surface area contributed by atoms with Crippen molar-refractivity contribution >= 4 is 5.97 Å². The number of hydrogen-bond acceptors (Lipinski definition) is 16. The van der Waals surface area contributed by atoms with Crippen molar-refractivity contribution in [1.82, 2.24) is 0 Å². The zero-order valence-electron chi connectivity index (χ0n) is 43.2. The lowest BCUT2D eigenvalue weighted by molar-refractivity contribution is -0.403. The van der Waals surface area contributed by atoms with Crippen LogP contribution in [-0.2, 0) is 66.4 Å². The van der Waals surface area contributed by atoms with E-state index in [2.05, 4.69) is 34.6 Å². The third-order valence-corrected chi connectivity index (χ3v) is 18.3. The van der Waals surface area contributed by atoms with Gasteiger partial charge >= 0.3 is 5.97 Å². The second kappa shape index (κ2) is 19.7. The van der Waals surface area contributed by atoms with Gasteiger partial charge in [-0.25, -0.2) is 0 Å². The van der Waals surface area contributed by atoms with Gasteiger partial charge in [0.15, 0.2) is 23.7 Å². The van der Waals surface area contributed by atoms with Crippen molar-refractivity contribution in [2.45, 2.75) is 241 Å². The van der Waals surface area contributed by atoms with Gasteiger partial charge in [0.05, 0.1) is 78.8 Å². The molecule has 0 bridgehead atoms. The SMILES string of the molecule is COC1CCC(OC2(C)C(CC3CC(OC)C(C)C4(O3)OC(C)(C3CCC(C)(C5CCC(C6OC(C)(O)C(C)C(OC)C6C)O5)O3)C(OC)C4C)OC(O)(C(C)C(=O)O)C(C)C2OC)OC1C. The lowest BCUT2D eigenvalue weighted by Crippen LogP contribution is -2.71. The Kier molecular flexibility index (Phi) is 15.8. The van der Waals surface area contributed by atoms with Crippen LogP contribution in [-0.4, -0.2) is 171 Å². The number of carboxylic acid groups (broad SMARTS) is 1. The first kappa shape index (κ1) is 53.7. The van der Waals surface area contributed by atoms with Gasteiger partial charge in [0, 0.05) is 84.4 Å². The molecule has 25 unspecified atom stereocenters. The molecule has 0 saturated carbocycles. The number of ether oxygens (including phenoxy) is 13. The maximum absolute atomic E-state index is 12.6. The molecular weight excluding hydrogens is 873 g/mol. The van der Waals surface area contributed by atoms with Crippen LogP contribution < -0.4 is 0 Å². The predicted molar refractivity (Wildman–Crippen MR) is 242 cm³/mol. The van der Waals surface area contributed by atoms with E-state index in [1.165, 1.54) is 6.92 Å². The topological polar surface area (TPSA) is 198 Å². The average Bonchev–Trinajstić information content (AvgIpc) is 3.99. The van der Waals surface area contributed by atoms with Crippen LogP contribution in [0.15, 0.2) is 0 Å². The molecule has 7 aliphatic rings. The van der Waals surface area contributed by atoms with Crippen molar-refractivity contribution < 1.29 is 81.7 Å². The number of methoxy groups -OCH3 is 5. The Balaban J connectivity index is 1.14. The highest BCUT2D eigenvalue weighted by Crippen LogP contribution is 2.58. The van der Waals surface area contributed by atoms with E-state index in [9.17, 15) is 20.1 Å². The second-order valence-electron chi connectivity index (χ2n) is 22.2. The molecule has 7 fully saturated rings. The highest BCUT2D eigenvalue weighted by molar-refractivity contribution is 5.70. The fraction of sp³-hybridized carbons (Fsp3) is 0.980. The van der Waals surface area contributed by atoms with Gasteiger partial charge in [0.25, 0.3) is 0 Å². The third kappa shape index (κ3) is 9.10. The maximum atomic E-state index is 12.6. The minimum atomic E-state index is -2.12. The Bertz CT molecular complexity index is 1700. The van der Waals surface area contributed by atoms with Gasteiger partial charge in [-0.15, -0.1) is 0 Å². The summed E-state index contributed by atoms with van der Waals surface area (Å²) in [6.07, 6.45) is -0.684. The van der Waals surface area contributed by atoms with Crippen LogP contribution >= 0.6 is 0 Å². The zero-order valence-corrected chi connectivity index (χ0v) is 43.2. The Morgan fingerprint density at radius 2 is 1.37 bits per heavy atom. The van der Waals surface area contributed by atoms with Gasteiger partial charge in [-0.05, 0) is 73.6 Å². The van der Waals surface area contributed by atoms with Crippen molar-refractivity contribution in [3.8, 4) is 0 Å². The molecule has 1 spiro atoms. The number of carboxylic acids is 1. The molecule has 67 heavy (non-hydrogen) atoms. The molecule has 0 radical (unpaired) electrons. The van der Waals surface area contributed by atoms with E-state index < -0.39 is 82.7 Å². The smallest absolute Gasteiger partial charge is 0.311 e. The quantitative estimate of drug-likeness (QED) is 0.194. The summed E-state index contributed by atoms with van der Waals surface area (Å²) in [7, 11) is 8.28. The van der Waals surface area contributed by atoms with Crippen molar-refractivity contribution in [1.29, 1.82) is 0 Å². The van der Waals surface area contributed by atoms with Crippen LogP contribution in [0.3, 0.4) is 0 Å². The summed E-state index contributed by atoms with van der Waals surface area (Å²) in [4.78, 5) is 12.6. The highest BCUT2D eigenvalue weighted by atomic mass is 16.8. The minimum absolute atomic E-state index is 0.00605. The monoisotopic (exact) mass is 959 g/mol. The van der Waals surface area contributed by atoms with Gasteiger partial charge in [0.1, 0.15) is 17.1 Å². The molecule has 25 atom stereocenters.